The topological polar surface area (TPSA) is 43.1 Å². The van der Waals surface area contributed by atoms with E-state index in [-0.39, 0.29) is 10.2 Å². The summed E-state index contributed by atoms with van der Waals surface area (Å²) in [6.45, 7) is 0. The van der Waals surface area contributed by atoms with Crippen LogP contribution < -0.4 is 0 Å². The maximum atomic E-state index is 13.2. The predicted molar refractivity (Wildman–Crippen MR) is 62.7 cm³/mol. The summed E-state index contributed by atoms with van der Waals surface area (Å²) in [5, 5.41) is 3.70. The molecular formula is C10H4Br2FNO2. The van der Waals surface area contributed by atoms with E-state index in [1.165, 1.54) is 12.1 Å². The number of aldehydes is 1. The Morgan fingerprint density at radius 2 is 2.06 bits per heavy atom. The zero-order chi connectivity index (χ0) is 11.7. The van der Waals surface area contributed by atoms with Gasteiger partial charge in [-0.1, -0.05) is 21.1 Å². The van der Waals surface area contributed by atoms with Gasteiger partial charge in [0.15, 0.2) is 6.29 Å². The number of halogens is 3. The van der Waals surface area contributed by atoms with Crippen LogP contribution in [0.5, 0.6) is 0 Å². The van der Waals surface area contributed by atoms with E-state index in [0.29, 0.717) is 22.0 Å². The molecular weight excluding hydrogens is 345 g/mol. The van der Waals surface area contributed by atoms with Crippen molar-refractivity contribution in [3.8, 4) is 11.3 Å². The van der Waals surface area contributed by atoms with Gasteiger partial charge in [-0.05, 0) is 34.1 Å². The summed E-state index contributed by atoms with van der Waals surface area (Å²) in [4.78, 5) is 10.8. The number of hydrogen-bond acceptors (Lipinski definition) is 3. The molecule has 82 valence electrons. The lowest BCUT2D eigenvalue weighted by atomic mass is 10.1. The molecule has 0 saturated heterocycles. The fourth-order valence-electron chi connectivity index (χ4n) is 1.28. The molecule has 0 unspecified atom stereocenters. The summed E-state index contributed by atoms with van der Waals surface area (Å²) >= 11 is 6.21. The fourth-order valence-corrected chi connectivity index (χ4v) is 2.10. The number of benzene rings is 1. The molecule has 0 spiro atoms. The third-order valence-corrected chi connectivity index (χ3v) is 2.97. The van der Waals surface area contributed by atoms with Crippen molar-refractivity contribution in [3.63, 3.8) is 0 Å². The van der Waals surface area contributed by atoms with Crippen LogP contribution in [0, 0.1) is 5.82 Å². The minimum Gasteiger partial charge on any atom is -0.348 e. The molecule has 0 amide bonds. The van der Waals surface area contributed by atoms with Crippen molar-refractivity contribution in [2.45, 2.75) is 0 Å². The van der Waals surface area contributed by atoms with Crippen LogP contribution in [0.25, 0.3) is 11.3 Å². The van der Waals surface area contributed by atoms with E-state index in [4.69, 9.17) is 4.52 Å². The molecule has 2 rings (SSSR count). The molecule has 0 bridgehead atoms. The minimum atomic E-state index is -0.416. The van der Waals surface area contributed by atoms with Gasteiger partial charge in [-0.25, -0.2) is 4.39 Å². The van der Waals surface area contributed by atoms with E-state index in [2.05, 4.69) is 37.0 Å². The van der Waals surface area contributed by atoms with E-state index in [1.807, 2.05) is 0 Å². The third-order valence-electron chi connectivity index (χ3n) is 1.94. The fraction of sp³-hybridized carbons (Fsp3) is 0. The standard InChI is InChI=1S/C10H4Br2FNO2/c11-6-1-5(2-7(13)3-6)9-8(4-15)10(12)16-14-9/h1-4H. The first-order chi connectivity index (χ1) is 7.61. The van der Waals surface area contributed by atoms with E-state index in [0.717, 1.165) is 0 Å². The van der Waals surface area contributed by atoms with Crippen LogP contribution >= 0.6 is 31.9 Å². The smallest absolute Gasteiger partial charge is 0.213 e. The number of hydrogen-bond donors (Lipinski definition) is 0. The summed E-state index contributed by atoms with van der Waals surface area (Å²) in [6.07, 6.45) is 0.606. The molecule has 0 N–H and O–H groups in total. The number of aromatic nitrogens is 1. The largest absolute Gasteiger partial charge is 0.348 e. The van der Waals surface area contributed by atoms with Crippen LogP contribution in [0.4, 0.5) is 4.39 Å². The molecule has 0 atom stereocenters. The van der Waals surface area contributed by atoms with Crippen molar-refractivity contribution in [1.29, 1.82) is 0 Å². The molecule has 1 aromatic carbocycles. The van der Waals surface area contributed by atoms with E-state index in [9.17, 15) is 9.18 Å². The molecule has 0 aliphatic rings. The summed E-state index contributed by atoms with van der Waals surface area (Å²) in [7, 11) is 0. The molecule has 0 aliphatic carbocycles. The highest BCUT2D eigenvalue weighted by molar-refractivity contribution is 9.10. The van der Waals surface area contributed by atoms with Gasteiger partial charge >= 0.3 is 0 Å². The Morgan fingerprint density at radius 3 is 2.69 bits per heavy atom. The van der Waals surface area contributed by atoms with Crippen LogP contribution in [0.15, 0.2) is 31.9 Å². The Labute approximate surface area is 107 Å². The molecule has 0 saturated carbocycles. The monoisotopic (exact) mass is 347 g/mol. The third kappa shape index (κ3) is 2.08. The Hall–Kier alpha value is -1.01. The summed E-state index contributed by atoms with van der Waals surface area (Å²) < 4.78 is 18.8. The van der Waals surface area contributed by atoms with Crippen LogP contribution in [0.3, 0.4) is 0 Å². The van der Waals surface area contributed by atoms with Gasteiger partial charge in [-0.15, -0.1) is 0 Å². The molecule has 0 radical (unpaired) electrons. The van der Waals surface area contributed by atoms with Gasteiger partial charge in [0, 0.05) is 10.0 Å². The molecule has 16 heavy (non-hydrogen) atoms. The molecule has 0 fully saturated rings. The lowest BCUT2D eigenvalue weighted by Gasteiger charge is -1.98. The van der Waals surface area contributed by atoms with Crippen molar-refractivity contribution in [2.24, 2.45) is 0 Å². The highest BCUT2D eigenvalue weighted by Gasteiger charge is 2.15. The maximum absolute atomic E-state index is 13.2. The van der Waals surface area contributed by atoms with Crippen LogP contribution in [0.2, 0.25) is 0 Å². The van der Waals surface area contributed by atoms with E-state index < -0.39 is 5.82 Å². The van der Waals surface area contributed by atoms with E-state index >= 15 is 0 Å². The Kier molecular flexibility index (Phi) is 3.20. The molecule has 1 aromatic heterocycles. The Bertz CT molecular complexity index is 533. The van der Waals surface area contributed by atoms with Gasteiger partial charge in [0.1, 0.15) is 11.5 Å². The average Bonchev–Trinajstić information content (AvgIpc) is 2.58. The molecule has 0 aliphatic heterocycles. The molecule has 6 heteroatoms. The van der Waals surface area contributed by atoms with Crippen LogP contribution in [-0.2, 0) is 0 Å². The maximum Gasteiger partial charge on any atom is 0.213 e. The van der Waals surface area contributed by atoms with Gasteiger partial charge in [-0.2, -0.15) is 0 Å². The first-order valence-corrected chi connectivity index (χ1v) is 5.77. The van der Waals surface area contributed by atoms with Gasteiger partial charge in [0.25, 0.3) is 0 Å². The Morgan fingerprint density at radius 1 is 1.31 bits per heavy atom. The number of nitrogens with zero attached hydrogens (tertiary/aromatic N) is 1. The quantitative estimate of drug-likeness (QED) is 0.775. The van der Waals surface area contributed by atoms with Gasteiger partial charge < -0.3 is 4.52 Å². The Balaban J connectivity index is 2.62. The number of carbonyl (C=O) groups excluding carboxylic acids is 1. The van der Waals surface area contributed by atoms with Gasteiger partial charge in [-0.3, -0.25) is 4.79 Å². The highest BCUT2D eigenvalue weighted by Crippen LogP contribution is 2.29. The second kappa shape index (κ2) is 4.47. The SMILES string of the molecule is O=Cc1c(-c2cc(F)cc(Br)c2)noc1Br. The van der Waals surface area contributed by atoms with Crippen molar-refractivity contribution in [1.82, 2.24) is 5.16 Å². The van der Waals surface area contributed by atoms with Crippen LogP contribution in [-0.4, -0.2) is 11.4 Å². The average molecular weight is 349 g/mol. The van der Waals surface area contributed by atoms with Crippen molar-refractivity contribution < 1.29 is 13.7 Å². The number of carbonyl (C=O) groups is 1. The van der Waals surface area contributed by atoms with Crippen molar-refractivity contribution >= 4 is 38.1 Å². The molecule has 3 nitrogen and oxygen atoms in total. The zero-order valence-electron chi connectivity index (χ0n) is 7.71. The minimum absolute atomic E-state index is 0.234. The first-order valence-electron chi connectivity index (χ1n) is 4.18. The van der Waals surface area contributed by atoms with Crippen LogP contribution in [0.1, 0.15) is 10.4 Å². The lowest BCUT2D eigenvalue weighted by molar-refractivity contribution is 0.112. The number of rotatable bonds is 2. The van der Waals surface area contributed by atoms with Crippen molar-refractivity contribution in [2.75, 3.05) is 0 Å². The molecule has 2 aromatic rings. The first kappa shape index (κ1) is 11.5. The normalized spacial score (nSPS) is 10.4. The predicted octanol–water partition coefficient (Wildman–Crippen LogP) is 3.82. The summed E-state index contributed by atoms with van der Waals surface area (Å²) in [6, 6.07) is 4.25. The lowest BCUT2D eigenvalue weighted by Crippen LogP contribution is -1.86. The second-order valence-corrected chi connectivity index (χ2v) is 4.63. The zero-order valence-corrected chi connectivity index (χ0v) is 10.9. The summed E-state index contributed by atoms with van der Waals surface area (Å²) in [5.41, 5.74) is 1.04. The second-order valence-electron chi connectivity index (χ2n) is 2.99. The highest BCUT2D eigenvalue weighted by atomic mass is 79.9. The van der Waals surface area contributed by atoms with E-state index in [1.54, 1.807) is 6.07 Å². The summed E-state index contributed by atoms with van der Waals surface area (Å²) in [5.74, 6) is -0.416. The van der Waals surface area contributed by atoms with Gasteiger partial charge in [0.2, 0.25) is 4.67 Å². The molecule has 1 heterocycles. The van der Waals surface area contributed by atoms with Crippen molar-refractivity contribution in [3.05, 3.63) is 38.7 Å². The van der Waals surface area contributed by atoms with Gasteiger partial charge in [0.05, 0.1) is 5.56 Å².